The molecule has 114 valence electrons. The summed E-state index contributed by atoms with van der Waals surface area (Å²) in [5, 5.41) is 2.99. The number of allylic oxidation sites excluding steroid dienone is 1. The predicted molar refractivity (Wildman–Crippen MR) is 88.6 cm³/mol. The molecule has 3 nitrogen and oxygen atoms in total. The Morgan fingerprint density at radius 2 is 1.74 bits per heavy atom. The molecular formula is C20H17NO2. The number of ketones is 1. The maximum Gasteiger partial charge on any atom is 0.235 e. The van der Waals surface area contributed by atoms with Crippen LogP contribution in [0.4, 0.5) is 0 Å². The zero-order valence-corrected chi connectivity index (χ0v) is 12.9. The molecule has 1 N–H and O–H groups in total. The van der Waals surface area contributed by atoms with Gasteiger partial charge in [0.1, 0.15) is 11.7 Å². The second kappa shape index (κ2) is 5.20. The number of fused-ring (bicyclic) bond motifs is 2. The third-order valence-electron chi connectivity index (χ3n) is 4.82. The van der Waals surface area contributed by atoms with Gasteiger partial charge in [-0.1, -0.05) is 54.6 Å². The fourth-order valence-corrected chi connectivity index (χ4v) is 3.82. The van der Waals surface area contributed by atoms with Gasteiger partial charge in [-0.05, 0) is 30.0 Å². The van der Waals surface area contributed by atoms with Gasteiger partial charge in [-0.3, -0.25) is 9.59 Å². The van der Waals surface area contributed by atoms with Crippen LogP contribution >= 0.6 is 0 Å². The molecule has 2 atom stereocenters. The van der Waals surface area contributed by atoms with Gasteiger partial charge in [-0.25, -0.2) is 0 Å². The van der Waals surface area contributed by atoms with Crippen molar-refractivity contribution >= 4 is 17.4 Å². The van der Waals surface area contributed by atoms with E-state index in [9.17, 15) is 9.59 Å². The summed E-state index contributed by atoms with van der Waals surface area (Å²) in [5.41, 5.74) is 5.37. The minimum absolute atomic E-state index is 0.0844. The molecule has 1 aliphatic carbocycles. The van der Waals surface area contributed by atoms with Crippen LogP contribution in [0.25, 0.3) is 5.70 Å². The number of benzene rings is 2. The van der Waals surface area contributed by atoms with E-state index >= 15 is 0 Å². The minimum Gasteiger partial charge on any atom is -0.325 e. The summed E-state index contributed by atoms with van der Waals surface area (Å²) in [6.07, 6.45) is 0.787. The minimum atomic E-state index is -0.648. The van der Waals surface area contributed by atoms with Crippen molar-refractivity contribution in [2.24, 2.45) is 5.92 Å². The number of carbonyl (C=O) groups is 2. The van der Waals surface area contributed by atoms with Crippen molar-refractivity contribution in [3.8, 4) is 0 Å². The SMILES string of the molecule is CC(=O)C1C(=O)NC2=C(Cc3ccccc32)C1c1ccccc1. The predicted octanol–water partition coefficient (Wildman–Crippen LogP) is 3.07. The van der Waals surface area contributed by atoms with Crippen LogP contribution in [0.1, 0.15) is 29.5 Å². The lowest BCUT2D eigenvalue weighted by Crippen LogP contribution is -2.42. The lowest BCUT2D eigenvalue weighted by atomic mass is 9.75. The first kappa shape index (κ1) is 13.9. The lowest BCUT2D eigenvalue weighted by Gasteiger charge is -2.32. The third-order valence-corrected chi connectivity index (χ3v) is 4.82. The molecule has 0 aromatic heterocycles. The third kappa shape index (κ3) is 2.12. The first-order valence-corrected chi connectivity index (χ1v) is 7.84. The monoisotopic (exact) mass is 303 g/mol. The lowest BCUT2D eigenvalue weighted by molar-refractivity contribution is -0.133. The smallest absolute Gasteiger partial charge is 0.235 e. The van der Waals surface area contributed by atoms with Gasteiger partial charge < -0.3 is 5.32 Å². The van der Waals surface area contributed by atoms with Crippen molar-refractivity contribution in [1.82, 2.24) is 5.32 Å². The number of carbonyl (C=O) groups excluding carboxylic acids is 2. The molecule has 0 saturated carbocycles. The van der Waals surface area contributed by atoms with Gasteiger partial charge in [0, 0.05) is 17.2 Å². The van der Waals surface area contributed by atoms with Crippen molar-refractivity contribution in [1.29, 1.82) is 0 Å². The van der Waals surface area contributed by atoms with Crippen molar-refractivity contribution in [3.63, 3.8) is 0 Å². The summed E-state index contributed by atoms with van der Waals surface area (Å²) < 4.78 is 0. The van der Waals surface area contributed by atoms with Gasteiger partial charge >= 0.3 is 0 Å². The van der Waals surface area contributed by atoms with Crippen LogP contribution < -0.4 is 5.32 Å². The largest absolute Gasteiger partial charge is 0.325 e. The fraction of sp³-hybridized carbons (Fsp3) is 0.200. The molecule has 1 heterocycles. The van der Waals surface area contributed by atoms with Crippen LogP contribution in [0.5, 0.6) is 0 Å². The second-order valence-corrected chi connectivity index (χ2v) is 6.20. The summed E-state index contributed by atoms with van der Waals surface area (Å²) in [4.78, 5) is 24.8. The molecule has 23 heavy (non-hydrogen) atoms. The Kier molecular flexibility index (Phi) is 3.15. The Labute approximate surface area is 135 Å². The molecule has 0 spiro atoms. The Hall–Kier alpha value is -2.68. The average molecular weight is 303 g/mol. The molecule has 1 amide bonds. The number of hydrogen-bond donors (Lipinski definition) is 1. The van der Waals surface area contributed by atoms with Crippen molar-refractivity contribution < 1.29 is 9.59 Å². The van der Waals surface area contributed by atoms with E-state index in [1.165, 1.54) is 12.5 Å². The Bertz CT molecular complexity index is 836. The van der Waals surface area contributed by atoms with E-state index < -0.39 is 5.92 Å². The number of amides is 1. The maximum atomic E-state index is 12.6. The topological polar surface area (TPSA) is 46.2 Å². The average Bonchev–Trinajstić information content (AvgIpc) is 2.92. The summed E-state index contributed by atoms with van der Waals surface area (Å²) >= 11 is 0. The quantitative estimate of drug-likeness (QED) is 0.867. The Morgan fingerprint density at radius 1 is 1.04 bits per heavy atom. The molecule has 2 unspecified atom stereocenters. The molecule has 4 rings (SSSR count). The van der Waals surface area contributed by atoms with Crippen LogP contribution in [0.2, 0.25) is 0 Å². The standard InChI is InChI=1S/C20H17NO2/c1-12(22)17-18(13-7-3-2-4-8-13)16-11-14-9-5-6-10-15(14)19(16)21-20(17)23/h2-10,17-18H,11H2,1H3,(H,21,23). The summed E-state index contributed by atoms with van der Waals surface area (Å²) in [6.45, 7) is 1.51. The summed E-state index contributed by atoms with van der Waals surface area (Å²) in [7, 11) is 0. The molecule has 3 heteroatoms. The van der Waals surface area contributed by atoms with Gasteiger partial charge in [0.15, 0.2) is 0 Å². The number of hydrogen-bond acceptors (Lipinski definition) is 2. The second-order valence-electron chi connectivity index (χ2n) is 6.20. The van der Waals surface area contributed by atoms with Crippen LogP contribution in [0, 0.1) is 5.92 Å². The Balaban J connectivity index is 1.90. The van der Waals surface area contributed by atoms with E-state index in [-0.39, 0.29) is 17.6 Å². The molecule has 2 aliphatic rings. The molecule has 0 saturated heterocycles. The zero-order chi connectivity index (χ0) is 16.0. The van der Waals surface area contributed by atoms with Crippen molar-refractivity contribution in [2.75, 3.05) is 0 Å². The van der Waals surface area contributed by atoms with E-state index in [1.54, 1.807) is 0 Å². The molecule has 0 fully saturated rings. The summed E-state index contributed by atoms with van der Waals surface area (Å²) in [5.74, 6) is -1.10. The zero-order valence-electron chi connectivity index (χ0n) is 12.9. The van der Waals surface area contributed by atoms with Gasteiger partial charge in [0.25, 0.3) is 0 Å². The van der Waals surface area contributed by atoms with E-state index in [2.05, 4.69) is 11.4 Å². The highest BCUT2D eigenvalue weighted by Crippen LogP contribution is 2.45. The van der Waals surface area contributed by atoms with Crippen LogP contribution in [-0.2, 0) is 16.0 Å². The van der Waals surface area contributed by atoms with E-state index in [0.29, 0.717) is 0 Å². The highest BCUT2D eigenvalue weighted by atomic mass is 16.2. The molecule has 1 aliphatic heterocycles. The molecule has 2 aromatic rings. The van der Waals surface area contributed by atoms with Crippen LogP contribution in [-0.4, -0.2) is 11.7 Å². The first-order valence-electron chi connectivity index (χ1n) is 7.84. The van der Waals surface area contributed by atoms with Crippen LogP contribution in [0.3, 0.4) is 0 Å². The Morgan fingerprint density at radius 3 is 2.48 bits per heavy atom. The van der Waals surface area contributed by atoms with Gasteiger partial charge in [-0.15, -0.1) is 0 Å². The van der Waals surface area contributed by atoms with Gasteiger partial charge in [0.2, 0.25) is 5.91 Å². The molecule has 0 radical (unpaired) electrons. The van der Waals surface area contributed by atoms with Crippen molar-refractivity contribution in [3.05, 3.63) is 76.9 Å². The van der Waals surface area contributed by atoms with Gasteiger partial charge in [0.05, 0.1) is 0 Å². The molecular weight excluding hydrogens is 286 g/mol. The highest BCUT2D eigenvalue weighted by Gasteiger charge is 2.43. The fourth-order valence-electron chi connectivity index (χ4n) is 3.82. The normalized spacial score (nSPS) is 22.4. The van der Waals surface area contributed by atoms with E-state index in [0.717, 1.165) is 28.8 Å². The number of Topliss-reactive ketones (excluding diaryl/α,β-unsaturated/α-hetero) is 1. The maximum absolute atomic E-state index is 12.6. The summed E-state index contributed by atoms with van der Waals surface area (Å²) in [6, 6.07) is 18.0. The van der Waals surface area contributed by atoms with Gasteiger partial charge in [-0.2, -0.15) is 0 Å². The molecule has 0 bridgehead atoms. The van der Waals surface area contributed by atoms with E-state index in [1.807, 2.05) is 48.5 Å². The van der Waals surface area contributed by atoms with Crippen LogP contribution in [0.15, 0.2) is 60.2 Å². The number of nitrogens with one attached hydrogen (secondary N) is 1. The molecule has 2 aromatic carbocycles. The van der Waals surface area contributed by atoms with Crippen molar-refractivity contribution in [2.45, 2.75) is 19.3 Å². The number of rotatable bonds is 2. The first-order chi connectivity index (χ1) is 11.2. The van der Waals surface area contributed by atoms with E-state index in [4.69, 9.17) is 0 Å². The highest BCUT2D eigenvalue weighted by molar-refractivity contribution is 6.07.